The fraction of sp³-hybridized carbons (Fsp3) is 0.900. The van der Waals surface area contributed by atoms with Crippen LogP contribution in [-0.2, 0) is 85.8 Å². The third-order valence-electron chi connectivity index (χ3n) is 22.0. The fourth-order valence-corrected chi connectivity index (χ4v) is 18.0. The summed E-state index contributed by atoms with van der Waals surface area (Å²) in [7, 11) is -4.07. The number of carbonyl (C=O) groups excluding carboxylic acids is 2. The molecular formula is C60H94O29S. The highest BCUT2D eigenvalue weighted by Gasteiger charge is 2.79. The van der Waals surface area contributed by atoms with Crippen LogP contribution < -0.4 is 0 Å². The number of esters is 2. The summed E-state index contributed by atoms with van der Waals surface area (Å²) in [5.41, 5.74) is -1.45. The fourth-order valence-electron chi connectivity index (χ4n) is 17.6. The van der Waals surface area contributed by atoms with Gasteiger partial charge >= 0.3 is 22.3 Å². The van der Waals surface area contributed by atoms with Gasteiger partial charge in [0.1, 0.15) is 109 Å². The van der Waals surface area contributed by atoms with E-state index in [2.05, 4.69) is 40.3 Å². The number of hydrogen-bond acceptors (Lipinski definition) is 28. The zero-order valence-corrected chi connectivity index (χ0v) is 53.1. The molecule has 4 aliphatic carbocycles. The summed E-state index contributed by atoms with van der Waals surface area (Å²) in [5, 5.41) is 111. The molecule has 0 bridgehead atoms. The number of methoxy groups -OCH3 is 1. The number of allylic oxidation sites excluding steroid dienone is 3. The van der Waals surface area contributed by atoms with Gasteiger partial charge in [-0.2, -0.15) is 8.42 Å². The van der Waals surface area contributed by atoms with E-state index in [0.29, 0.717) is 44.9 Å². The van der Waals surface area contributed by atoms with Crippen LogP contribution in [0.25, 0.3) is 0 Å². The molecular weight excluding hydrogens is 1220 g/mol. The van der Waals surface area contributed by atoms with Gasteiger partial charge in [-0.3, -0.25) is 14.1 Å². The minimum Gasteiger partial charge on any atom is -0.462 e. The van der Waals surface area contributed by atoms with Crippen LogP contribution in [0.2, 0.25) is 0 Å². The molecule has 1 spiro atoms. The van der Waals surface area contributed by atoms with Crippen molar-refractivity contribution >= 4 is 22.3 Å². The van der Waals surface area contributed by atoms with Crippen molar-refractivity contribution in [3.8, 4) is 0 Å². The maximum absolute atomic E-state index is 14.8. The molecule has 6 saturated heterocycles. The van der Waals surface area contributed by atoms with Crippen LogP contribution >= 0.6 is 0 Å². The Hall–Kier alpha value is -2.55. The smallest absolute Gasteiger partial charge is 0.397 e. The summed E-state index contributed by atoms with van der Waals surface area (Å²) >= 11 is 0. The lowest BCUT2D eigenvalue weighted by molar-refractivity contribution is -0.399. The quantitative estimate of drug-likeness (QED) is 0.0423. The second kappa shape index (κ2) is 26.5. The number of ether oxygens (including phenoxy) is 13. The molecule has 11 N–H and O–H groups in total. The predicted octanol–water partition coefficient (Wildman–Crippen LogP) is -0.917. The number of aliphatic hydroxyl groups excluding tert-OH is 10. The van der Waals surface area contributed by atoms with Crippen molar-refractivity contribution in [1.29, 1.82) is 0 Å². The maximum Gasteiger partial charge on any atom is 0.397 e. The Bertz CT molecular complexity index is 2720. The van der Waals surface area contributed by atoms with E-state index in [1.165, 1.54) is 21.0 Å². The van der Waals surface area contributed by atoms with Crippen molar-refractivity contribution in [3.63, 3.8) is 0 Å². The summed E-state index contributed by atoms with van der Waals surface area (Å²) in [4.78, 5) is 27.6. The Balaban J connectivity index is 0.905. The van der Waals surface area contributed by atoms with Gasteiger partial charge in [-0.25, -0.2) is 4.18 Å². The zero-order valence-electron chi connectivity index (χ0n) is 52.2. The number of fused-ring (bicyclic) bond motifs is 4. The van der Waals surface area contributed by atoms with Gasteiger partial charge in [0.15, 0.2) is 31.5 Å². The minimum absolute atomic E-state index is 0.00764. The first-order valence-corrected chi connectivity index (χ1v) is 32.6. The highest BCUT2D eigenvalue weighted by atomic mass is 32.3. The Morgan fingerprint density at radius 2 is 1.32 bits per heavy atom. The summed E-state index contributed by atoms with van der Waals surface area (Å²) in [6, 6.07) is 0. The van der Waals surface area contributed by atoms with Crippen LogP contribution in [0.5, 0.6) is 0 Å². The Kier molecular flexibility index (Phi) is 20.7. The Labute approximate surface area is 523 Å². The SMILES string of the molecule is C=C(C)CCC[C@]1(C)OC(=O)[C@]23CC[C@H]4C(=CC[C@H]5C(C)(C)[C@@H](O[C@@H]6OC[C@@H](OS(=O)(=O)O)[C@H](O)[C@H]6O[C@@H]6O[C@H](C)[C@@H](O[C@@H]7OC[C@@H](O)[C@H](O[C@@H]8O[C@H](CO)[C@@H](O)[C@H](OC)[C@H]8O)[C@H]7O)[C@H](O)[C@H]6O[C@@H]6OC[C@@H](O)[C@H](O)[C@H]6O)CC[C@]45C)[C@]2(C)C[C@H](OC(C)=O)[C@@H]31. The maximum atomic E-state index is 14.8. The largest absolute Gasteiger partial charge is 0.462 e. The first-order valence-electron chi connectivity index (χ1n) is 31.3. The molecule has 0 radical (unpaired) electrons. The van der Waals surface area contributed by atoms with Crippen molar-refractivity contribution in [2.24, 2.45) is 39.4 Å². The van der Waals surface area contributed by atoms with Crippen molar-refractivity contribution in [3.05, 3.63) is 23.8 Å². The van der Waals surface area contributed by atoms with E-state index < -0.39 is 212 Å². The number of carbonyl (C=O) groups is 2. The van der Waals surface area contributed by atoms with Gasteiger partial charge in [0.2, 0.25) is 0 Å². The van der Waals surface area contributed by atoms with Gasteiger partial charge in [-0.1, -0.05) is 44.9 Å². The molecule has 90 heavy (non-hydrogen) atoms. The van der Waals surface area contributed by atoms with Gasteiger partial charge in [0, 0.05) is 19.4 Å². The predicted molar refractivity (Wildman–Crippen MR) is 302 cm³/mol. The lowest BCUT2D eigenvalue weighted by Gasteiger charge is -2.64. The van der Waals surface area contributed by atoms with Crippen molar-refractivity contribution in [1.82, 2.24) is 0 Å². The summed E-state index contributed by atoms with van der Waals surface area (Å²) in [5.74, 6) is -1.16. The molecule has 6 aliphatic heterocycles. The van der Waals surface area contributed by atoms with Gasteiger partial charge in [-0.15, -0.1) is 6.58 Å². The second-order valence-electron chi connectivity index (χ2n) is 28.0. The third kappa shape index (κ3) is 12.5. The minimum atomic E-state index is -5.26. The normalized spacial score (nSPS) is 50.2. The summed E-state index contributed by atoms with van der Waals surface area (Å²) in [6.07, 6.45) is -31.4. The van der Waals surface area contributed by atoms with Crippen LogP contribution in [0, 0.1) is 39.4 Å². The number of cyclic esters (lactones) is 1. The topological polar surface area (TPSA) is 420 Å². The van der Waals surface area contributed by atoms with E-state index in [4.69, 9.17) is 65.8 Å². The van der Waals surface area contributed by atoms with Crippen LogP contribution in [0.3, 0.4) is 0 Å². The lowest BCUT2D eigenvalue weighted by atomic mass is 9.41. The standard InChI is InChI=1S/C60H94O29S/c1-25(2)12-11-17-59(9)49-32(81-27(4)62)20-58(8)29-13-14-35-56(5,6)36(16-18-57(35,7)28(29)15-19-60(49,58)55(72)88-59)83-53-47(39(67)34(24-79-53)89-90(73,74)75)87-54-48(86-50-40(68)37(65)30(63)22-77-50)41(69)44(26(3)80-54)84-51-42(70)45(31(64)23-78-51)85-52-43(71)46(76-10)38(66)33(21-61)82-52/h13,26,28,30-54,61,63-71H,1,11-12,14-24H2,2-10H3,(H,73,74,75)/t26-,28+,30-,31-,32+,33-,34-,35+,36+,37+,38-,39+,40-,41+,42-,43-,44-,45+,46+,47-,48-,49-,50+,51+,52+,53+,54+,57-,58+,59+,60-/m1/s1. The summed E-state index contributed by atoms with van der Waals surface area (Å²) in [6.45, 7) is 16.8. The molecule has 0 unspecified atom stereocenters. The van der Waals surface area contributed by atoms with Crippen LogP contribution in [0.1, 0.15) is 113 Å². The van der Waals surface area contributed by atoms with Gasteiger partial charge in [-0.05, 0) is 101 Å². The van der Waals surface area contributed by atoms with E-state index in [9.17, 15) is 73.6 Å². The zero-order chi connectivity index (χ0) is 65.7. The van der Waals surface area contributed by atoms with E-state index in [-0.39, 0.29) is 29.1 Å². The highest BCUT2D eigenvalue weighted by Crippen LogP contribution is 2.77. The molecule has 29 nitrogen and oxygen atoms in total. The van der Waals surface area contributed by atoms with Crippen LogP contribution in [-0.4, -0.2) is 263 Å². The third-order valence-corrected chi connectivity index (χ3v) is 22.5. The average molecular weight is 1310 g/mol. The van der Waals surface area contributed by atoms with E-state index >= 15 is 0 Å². The summed E-state index contributed by atoms with van der Waals surface area (Å²) < 4.78 is 118. The average Bonchev–Trinajstić information content (AvgIpc) is 1.46. The van der Waals surface area contributed by atoms with Crippen molar-refractivity contribution in [2.45, 2.75) is 266 Å². The molecule has 514 valence electrons. The van der Waals surface area contributed by atoms with E-state index in [1.54, 1.807) is 0 Å². The van der Waals surface area contributed by atoms with E-state index in [0.717, 1.165) is 24.0 Å². The van der Waals surface area contributed by atoms with Crippen LogP contribution in [0.4, 0.5) is 0 Å². The number of hydrogen-bond donors (Lipinski definition) is 11. The molecule has 0 amide bonds. The van der Waals surface area contributed by atoms with Gasteiger partial charge in [0.25, 0.3) is 0 Å². The molecule has 0 aromatic heterocycles. The van der Waals surface area contributed by atoms with Gasteiger partial charge < -0.3 is 113 Å². The molecule has 3 saturated carbocycles. The first-order chi connectivity index (χ1) is 42.2. The highest BCUT2D eigenvalue weighted by molar-refractivity contribution is 7.80. The molecule has 6 heterocycles. The lowest BCUT2D eigenvalue weighted by Crippen LogP contribution is -2.67. The number of rotatable bonds is 19. The van der Waals surface area contributed by atoms with Crippen molar-refractivity contribution in [2.75, 3.05) is 33.5 Å². The molecule has 10 aliphatic rings. The van der Waals surface area contributed by atoms with Crippen molar-refractivity contribution < 1.29 is 139 Å². The monoisotopic (exact) mass is 1310 g/mol. The second-order valence-corrected chi connectivity index (χ2v) is 29.0. The number of aliphatic hydroxyl groups is 10. The molecule has 31 atom stereocenters. The van der Waals surface area contributed by atoms with Gasteiger partial charge in [0.05, 0.1) is 50.0 Å². The Morgan fingerprint density at radius 3 is 1.98 bits per heavy atom. The first kappa shape index (κ1) is 70.3. The Morgan fingerprint density at radius 1 is 0.700 bits per heavy atom. The molecule has 30 heteroatoms. The molecule has 10 rings (SSSR count). The van der Waals surface area contributed by atoms with Crippen LogP contribution in [0.15, 0.2) is 23.8 Å². The molecule has 0 aromatic carbocycles. The molecule has 0 aromatic rings. The molecule has 9 fully saturated rings. The van der Waals surface area contributed by atoms with E-state index in [1.807, 2.05) is 13.8 Å².